The zero-order valence-corrected chi connectivity index (χ0v) is 17.1. The fourth-order valence-electron chi connectivity index (χ4n) is 3.90. The van der Waals surface area contributed by atoms with Gasteiger partial charge in [-0.3, -0.25) is 4.79 Å². The SMILES string of the molecule is NC(=O)CN[C@H]1CC[C@@](c2cc(F)ccc2F)(S(=O)(=O)c2ccc(Cl)cc2)CC1. The van der Waals surface area contributed by atoms with Crippen LogP contribution < -0.4 is 11.1 Å². The summed E-state index contributed by atoms with van der Waals surface area (Å²) in [5.74, 6) is -2.00. The Morgan fingerprint density at radius 1 is 1.14 bits per heavy atom. The number of hydrogen-bond acceptors (Lipinski definition) is 4. The van der Waals surface area contributed by atoms with E-state index in [4.69, 9.17) is 17.3 Å². The predicted molar refractivity (Wildman–Crippen MR) is 106 cm³/mol. The van der Waals surface area contributed by atoms with Crippen LogP contribution in [0.1, 0.15) is 31.2 Å². The summed E-state index contributed by atoms with van der Waals surface area (Å²) in [5, 5.41) is 3.35. The molecule has 0 saturated heterocycles. The maximum absolute atomic E-state index is 14.7. The highest BCUT2D eigenvalue weighted by Gasteiger charge is 2.50. The van der Waals surface area contributed by atoms with Crippen molar-refractivity contribution < 1.29 is 22.0 Å². The fraction of sp³-hybridized carbons (Fsp3) is 0.350. The van der Waals surface area contributed by atoms with Gasteiger partial charge in [0.05, 0.1) is 11.4 Å². The van der Waals surface area contributed by atoms with Crippen molar-refractivity contribution in [1.82, 2.24) is 5.32 Å². The van der Waals surface area contributed by atoms with Crippen LogP contribution in [0, 0.1) is 11.6 Å². The third kappa shape index (κ3) is 4.29. The van der Waals surface area contributed by atoms with Crippen LogP contribution in [0.5, 0.6) is 0 Å². The summed E-state index contributed by atoms with van der Waals surface area (Å²) in [6, 6.07) is 8.35. The quantitative estimate of drug-likeness (QED) is 0.718. The molecule has 0 unspecified atom stereocenters. The second-order valence-electron chi connectivity index (χ2n) is 7.20. The van der Waals surface area contributed by atoms with Crippen LogP contribution >= 0.6 is 11.6 Å². The van der Waals surface area contributed by atoms with Gasteiger partial charge >= 0.3 is 0 Å². The van der Waals surface area contributed by atoms with Crippen molar-refractivity contribution in [1.29, 1.82) is 0 Å². The molecule has 0 spiro atoms. The summed E-state index contributed by atoms with van der Waals surface area (Å²) in [6.45, 7) is -0.0318. The lowest BCUT2D eigenvalue weighted by molar-refractivity contribution is -0.117. The molecule has 9 heteroatoms. The molecule has 1 amide bonds. The first-order valence-corrected chi connectivity index (χ1v) is 11.0. The maximum atomic E-state index is 14.7. The summed E-state index contributed by atoms with van der Waals surface area (Å²) in [5.41, 5.74) is 4.97. The van der Waals surface area contributed by atoms with E-state index in [0.29, 0.717) is 17.9 Å². The standard InChI is InChI=1S/C20H21ClF2N2O3S/c21-13-1-4-16(5-2-13)29(27,28)20(17-11-14(22)3-6-18(17)23)9-7-15(8-10-20)25-12-19(24)26/h1-6,11,15,25H,7-10,12H2,(H2,24,26)/t15-,20+. The number of nitrogens with two attached hydrogens (primary N) is 1. The molecule has 3 rings (SSSR count). The first-order chi connectivity index (χ1) is 13.7. The first-order valence-electron chi connectivity index (χ1n) is 9.13. The largest absolute Gasteiger partial charge is 0.369 e. The number of carbonyl (C=O) groups excluding carboxylic acids is 1. The summed E-state index contributed by atoms with van der Waals surface area (Å²) in [4.78, 5) is 11.0. The molecule has 1 saturated carbocycles. The fourth-order valence-corrected chi connectivity index (χ4v) is 6.19. The molecular weight excluding hydrogens is 422 g/mol. The summed E-state index contributed by atoms with van der Waals surface area (Å²) in [7, 11) is -4.07. The smallest absolute Gasteiger partial charge is 0.231 e. The Hall–Kier alpha value is -2.03. The molecular formula is C20H21ClF2N2O3S. The Kier molecular flexibility index (Phi) is 6.26. The zero-order valence-electron chi connectivity index (χ0n) is 15.5. The minimum absolute atomic E-state index is 0.00546. The van der Waals surface area contributed by atoms with E-state index in [1.54, 1.807) is 0 Å². The van der Waals surface area contributed by atoms with E-state index in [-0.39, 0.29) is 35.9 Å². The first kappa shape index (κ1) is 21.7. The van der Waals surface area contributed by atoms with Gasteiger partial charge in [0.25, 0.3) is 0 Å². The minimum atomic E-state index is -4.07. The third-order valence-corrected chi connectivity index (χ3v) is 8.22. The molecule has 156 valence electrons. The van der Waals surface area contributed by atoms with Crippen LogP contribution in [-0.2, 0) is 19.4 Å². The average molecular weight is 443 g/mol. The van der Waals surface area contributed by atoms with Gasteiger partial charge in [0, 0.05) is 16.6 Å². The van der Waals surface area contributed by atoms with Crippen molar-refractivity contribution >= 4 is 27.3 Å². The normalized spacial score (nSPS) is 22.4. The molecule has 3 N–H and O–H groups in total. The molecule has 5 nitrogen and oxygen atoms in total. The molecule has 1 aliphatic rings. The van der Waals surface area contributed by atoms with Gasteiger partial charge in [0.15, 0.2) is 9.84 Å². The van der Waals surface area contributed by atoms with Gasteiger partial charge in [-0.15, -0.1) is 0 Å². The highest BCUT2D eigenvalue weighted by atomic mass is 35.5. The summed E-state index contributed by atoms with van der Waals surface area (Å²) in [6.07, 6.45) is 0.843. The topological polar surface area (TPSA) is 89.3 Å². The van der Waals surface area contributed by atoms with E-state index in [1.807, 2.05) is 0 Å². The van der Waals surface area contributed by atoms with Gasteiger partial charge in [-0.1, -0.05) is 11.6 Å². The highest BCUT2D eigenvalue weighted by molar-refractivity contribution is 7.92. The highest BCUT2D eigenvalue weighted by Crippen LogP contribution is 2.48. The molecule has 0 aromatic heterocycles. The molecule has 0 radical (unpaired) electrons. The Labute approximate surface area is 173 Å². The Balaban J connectivity index is 2.05. The molecule has 0 bridgehead atoms. The second kappa shape index (κ2) is 8.38. The number of nitrogens with one attached hydrogen (secondary N) is 1. The Bertz CT molecular complexity index is 1000. The van der Waals surface area contributed by atoms with Crippen LogP contribution in [0.25, 0.3) is 0 Å². The molecule has 0 atom stereocenters. The molecule has 0 aliphatic heterocycles. The Morgan fingerprint density at radius 3 is 2.34 bits per heavy atom. The van der Waals surface area contributed by atoms with Crippen LogP contribution in [0.4, 0.5) is 8.78 Å². The molecule has 0 heterocycles. The molecule has 1 aliphatic carbocycles. The van der Waals surface area contributed by atoms with E-state index < -0.39 is 32.1 Å². The van der Waals surface area contributed by atoms with Crippen LogP contribution in [-0.4, -0.2) is 26.9 Å². The minimum Gasteiger partial charge on any atom is -0.369 e. The second-order valence-corrected chi connectivity index (χ2v) is 9.89. The van der Waals surface area contributed by atoms with Crippen molar-refractivity contribution in [2.45, 2.75) is 41.4 Å². The third-order valence-electron chi connectivity index (χ3n) is 5.42. The van der Waals surface area contributed by atoms with Crippen LogP contribution in [0.2, 0.25) is 5.02 Å². The van der Waals surface area contributed by atoms with Crippen LogP contribution in [0.3, 0.4) is 0 Å². The van der Waals surface area contributed by atoms with E-state index in [9.17, 15) is 22.0 Å². The van der Waals surface area contributed by atoms with Crippen molar-refractivity contribution in [3.8, 4) is 0 Å². The number of primary amides is 1. The lowest BCUT2D eigenvalue weighted by atomic mass is 9.80. The van der Waals surface area contributed by atoms with Gasteiger partial charge in [-0.25, -0.2) is 17.2 Å². The number of amides is 1. The van der Waals surface area contributed by atoms with Crippen LogP contribution in [0.15, 0.2) is 47.4 Å². The number of hydrogen-bond donors (Lipinski definition) is 2. The lowest BCUT2D eigenvalue weighted by Gasteiger charge is -2.40. The number of sulfone groups is 1. The van der Waals surface area contributed by atoms with Gasteiger partial charge in [-0.05, 0) is 68.1 Å². The van der Waals surface area contributed by atoms with Crippen molar-refractivity contribution in [2.75, 3.05) is 6.54 Å². The van der Waals surface area contributed by atoms with Gasteiger partial charge in [0.1, 0.15) is 16.4 Å². The van der Waals surface area contributed by atoms with Gasteiger partial charge in [-0.2, -0.15) is 0 Å². The summed E-state index contributed by atoms with van der Waals surface area (Å²) < 4.78 is 54.3. The lowest BCUT2D eigenvalue weighted by Crippen LogP contribution is -2.46. The van der Waals surface area contributed by atoms with Crippen molar-refractivity contribution in [3.05, 3.63) is 64.7 Å². The van der Waals surface area contributed by atoms with Crippen molar-refractivity contribution in [3.63, 3.8) is 0 Å². The van der Waals surface area contributed by atoms with Crippen molar-refractivity contribution in [2.24, 2.45) is 5.73 Å². The molecule has 29 heavy (non-hydrogen) atoms. The van der Waals surface area contributed by atoms with E-state index in [0.717, 1.165) is 18.2 Å². The average Bonchev–Trinajstić information content (AvgIpc) is 2.69. The zero-order chi connectivity index (χ0) is 21.2. The number of halogens is 3. The number of carbonyl (C=O) groups is 1. The van der Waals surface area contributed by atoms with E-state index in [1.165, 1.54) is 24.3 Å². The van der Waals surface area contributed by atoms with Gasteiger partial charge < -0.3 is 11.1 Å². The number of rotatable bonds is 6. The molecule has 2 aromatic rings. The molecule has 2 aromatic carbocycles. The predicted octanol–water partition coefficient (Wildman–Crippen LogP) is 3.30. The van der Waals surface area contributed by atoms with E-state index in [2.05, 4.69) is 5.32 Å². The Morgan fingerprint density at radius 2 is 1.76 bits per heavy atom. The maximum Gasteiger partial charge on any atom is 0.231 e. The van der Waals surface area contributed by atoms with Gasteiger partial charge in [0.2, 0.25) is 5.91 Å². The van der Waals surface area contributed by atoms with E-state index >= 15 is 0 Å². The monoisotopic (exact) mass is 442 g/mol. The molecule has 1 fully saturated rings. The number of benzene rings is 2. The summed E-state index contributed by atoms with van der Waals surface area (Å²) >= 11 is 5.87.